The number of benzene rings is 2. The van der Waals surface area contributed by atoms with E-state index < -0.39 is 0 Å². The van der Waals surface area contributed by atoms with Crippen molar-refractivity contribution in [3.05, 3.63) is 74.8 Å². The predicted molar refractivity (Wildman–Crippen MR) is 97.5 cm³/mol. The van der Waals surface area contributed by atoms with Gasteiger partial charge in [-0.05, 0) is 42.2 Å². The molecule has 0 radical (unpaired) electrons. The van der Waals surface area contributed by atoms with E-state index in [0.717, 1.165) is 23.4 Å². The number of halogens is 1. The fraction of sp³-hybridized carbons (Fsp3) is 0.263. The number of hydrogen-bond acceptors (Lipinski definition) is 4. The molecule has 0 spiro atoms. The van der Waals surface area contributed by atoms with Crippen molar-refractivity contribution < 1.29 is 9.66 Å². The van der Waals surface area contributed by atoms with Crippen molar-refractivity contribution in [2.75, 3.05) is 12.4 Å². The molecule has 0 saturated heterocycles. The van der Waals surface area contributed by atoms with Crippen LogP contribution in [0.4, 0.5) is 11.4 Å². The number of ether oxygens (including phenoxy) is 1. The zero-order chi connectivity index (χ0) is 17.6. The number of nitrogens with zero attached hydrogens (tertiary/aromatic N) is 1. The van der Waals surface area contributed by atoms with Crippen molar-refractivity contribution in [1.29, 1.82) is 0 Å². The van der Waals surface area contributed by atoms with Crippen LogP contribution in [0.5, 0.6) is 5.75 Å². The summed E-state index contributed by atoms with van der Waals surface area (Å²) in [5.41, 5.74) is 3.04. The van der Waals surface area contributed by atoms with Gasteiger partial charge in [-0.25, -0.2) is 0 Å². The van der Waals surface area contributed by atoms with Crippen LogP contribution in [0.3, 0.4) is 0 Å². The monoisotopic (exact) mass is 356 g/mol. The van der Waals surface area contributed by atoms with Crippen molar-refractivity contribution in [2.45, 2.75) is 18.4 Å². The van der Waals surface area contributed by atoms with Crippen LogP contribution in [0.25, 0.3) is 0 Å². The van der Waals surface area contributed by atoms with Gasteiger partial charge in [-0.2, -0.15) is 0 Å². The summed E-state index contributed by atoms with van der Waals surface area (Å²) in [7, 11) is 1.66. The molecule has 2 aliphatic rings. The highest BCUT2D eigenvalue weighted by Crippen LogP contribution is 2.51. The number of fused-ring (bicyclic) bond motifs is 3. The van der Waals surface area contributed by atoms with Crippen molar-refractivity contribution in [1.82, 2.24) is 0 Å². The van der Waals surface area contributed by atoms with Crippen molar-refractivity contribution in [3.63, 3.8) is 0 Å². The number of nitro benzene ring substituents is 1. The molecule has 0 saturated carbocycles. The summed E-state index contributed by atoms with van der Waals surface area (Å²) in [6, 6.07) is 10.5. The van der Waals surface area contributed by atoms with E-state index in [1.165, 1.54) is 11.6 Å². The van der Waals surface area contributed by atoms with Crippen LogP contribution in [0.1, 0.15) is 29.5 Å². The maximum Gasteiger partial charge on any atom is 0.269 e. The molecule has 4 rings (SSSR count). The number of rotatable bonds is 3. The highest BCUT2D eigenvalue weighted by molar-refractivity contribution is 6.31. The molecule has 6 heteroatoms. The number of hydrogen-bond donors (Lipinski definition) is 1. The summed E-state index contributed by atoms with van der Waals surface area (Å²) in [6.45, 7) is 0. The Morgan fingerprint density at radius 1 is 1.24 bits per heavy atom. The molecule has 0 amide bonds. The van der Waals surface area contributed by atoms with E-state index in [-0.39, 0.29) is 28.5 Å². The van der Waals surface area contributed by atoms with Crippen molar-refractivity contribution in [3.8, 4) is 5.75 Å². The first-order valence-corrected chi connectivity index (χ1v) is 8.51. The van der Waals surface area contributed by atoms with Crippen molar-refractivity contribution in [2.24, 2.45) is 5.92 Å². The highest BCUT2D eigenvalue weighted by atomic mass is 35.5. The van der Waals surface area contributed by atoms with E-state index in [1.807, 2.05) is 12.1 Å². The molecule has 0 unspecified atom stereocenters. The molecule has 1 heterocycles. The molecule has 2 aromatic rings. The highest BCUT2D eigenvalue weighted by Gasteiger charge is 2.39. The van der Waals surface area contributed by atoms with Gasteiger partial charge in [0.15, 0.2) is 0 Å². The average molecular weight is 357 g/mol. The van der Waals surface area contributed by atoms with E-state index >= 15 is 0 Å². The quantitative estimate of drug-likeness (QED) is 0.473. The largest absolute Gasteiger partial charge is 0.497 e. The Kier molecular flexibility index (Phi) is 3.88. The zero-order valence-corrected chi connectivity index (χ0v) is 14.4. The molecule has 0 fully saturated rings. The van der Waals surface area contributed by atoms with E-state index in [2.05, 4.69) is 23.5 Å². The Hall–Kier alpha value is -2.53. The van der Waals surface area contributed by atoms with Crippen LogP contribution >= 0.6 is 11.6 Å². The first-order chi connectivity index (χ1) is 12.1. The van der Waals surface area contributed by atoms with Gasteiger partial charge in [0.1, 0.15) is 5.75 Å². The summed E-state index contributed by atoms with van der Waals surface area (Å²) in [5, 5.41) is 15.2. The summed E-state index contributed by atoms with van der Waals surface area (Å²) in [6.07, 6.45) is 5.28. The van der Waals surface area contributed by atoms with Crippen LogP contribution in [-0.4, -0.2) is 12.0 Å². The molecule has 25 heavy (non-hydrogen) atoms. The lowest BCUT2D eigenvalue weighted by molar-refractivity contribution is -0.384. The van der Waals surface area contributed by atoms with Crippen LogP contribution in [0.2, 0.25) is 5.02 Å². The summed E-state index contributed by atoms with van der Waals surface area (Å²) >= 11 is 6.40. The minimum Gasteiger partial charge on any atom is -0.497 e. The molecule has 1 aliphatic heterocycles. The second kappa shape index (κ2) is 6.08. The number of non-ortho nitro benzene ring substituents is 1. The maximum atomic E-state index is 11.2. The smallest absolute Gasteiger partial charge is 0.269 e. The van der Waals surface area contributed by atoms with Gasteiger partial charge in [-0.3, -0.25) is 10.1 Å². The lowest BCUT2D eigenvalue weighted by Crippen LogP contribution is -2.29. The van der Waals surface area contributed by atoms with Crippen molar-refractivity contribution >= 4 is 23.0 Å². The molecular weight excluding hydrogens is 340 g/mol. The van der Waals surface area contributed by atoms with Crippen LogP contribution in [-0.2, 0) is 0 Å². The Balaban J connectivity index is 1.80. The third-order valence-electron chi connectivity index (χ3n) is 5.10. The Bertz CT molecular complexity index is 881. The lowest BCUT2D eigenvalue weighted by atomic mass is 9.77. The fourth-order valence-corrected chi connectivity index (χ4v) is 4.13. The standard InChI is InChI=1S/C19H17ClN2O3/c1-25-12-6-8-18-15(10-12)13-3-2-4-14(13)19(21-18)16-9-11(22(23)24)5-7-17(16)20/h2-3,5-10,13-14,19,21H,4H2,1H3/t13-,14-,19+/m0/s1. The van der Waals surface area contributed by atoms with Gasteiger partial charge < -0.3 is 10.1 Å². The number of methoxy groups -OCH3 is 1. The fourth-order valence-electron chi connectivity index (χ4n) is 3.89. The van der Waals surface area contributed by atoms with Gasteiger partial charge in [0, 0.05) is 34.3 Å². The summed E-state index contributed by atoms with van der Waals surface area (Å²) < 4.78 is 5.35. The molecule has 3 atom stereocenters. The molecule has 128 valence electrons. The average Bonchev–Trinajstić information content (AvgIpc) is 3.11. The third kappa shape index (κ3) is 2.65. The van der Waals surface area contributed by atoms with Gasteiger partial charge in [0.25, 0.3) is 5.69 Å². The molecule has 0 aromatic heterocycles. The predicted octanol–water partition coefficient (Wildman–Crippen LogP) is 5.08. The molecule has 5 nitrogen and oxygen atoms in total. The van der Waals surface area contributed by atoms with E-state index in [1.54, 1.807) is 19.2 Å². The molecule has 2 aromatic carbocycles. The second-order valence-corrected chi connectivity index (χ2v) is 6.80. The Morgan fingerprint density at radius 2 is 2.08 bits per heavy atom. The number of anilines is 1. The summed E-state index contributed by atoms with van der Waals surface area (Å²) in [5.74, 6) is 1.33. The topological polar surface area (TPSA) is 64.4 Å². The Labute approximate surface area is 150 Å². The molecule has 0 bridgehead atoms. The summed E-state index contributed by atoms with van der Waals surface area (Å²) in [4.78, 5) is 10.8. The zero-order valence-electron chi connectivity index (χ0n) is 13.6. The van der Waals surface area contributed by atoms with Gasteiger partial charge in [-0.15, -0.1) is 0 Å². The van der Waals surface area contributed by atoms with Crippen LogP contribution in [0.15, 0.2) is 48.6 Å². The van der Waals surface area contributed by atoms with Gasteiger partial charge in [-0.1, -0.05) is 23.8 Å². The third-order valence-corrected chi connectivity index (χ3v) is 5.44. The first kappa shape index (κ1) is 16.0. The van der Waals surface area contributed by atoms with Gasteiger partial charge in [0.2, 0.25) is 0 Å². The van der Waals surface area contributed by atoms with Gasteiger partial charge >= 0.3 is 0 Å². The number of allylic oxidation sites excluding steroid dienone is 2. The molecular formula is C19H17ClN2O3. The van der Waals surface area contributed by atoms with E-state index in [9.17, 15) is 10.1 Å². The van der Waals surface area contributed by atoms with Gasteiger partial charge in [0.05, 0.1) is 18.1 Å². The number of nitro groups is 1. The minimum atomic E-state index is -0.383. The minimum absolute atomic E-state index is 0.0595. The SMILES string of the molecule is COc1ccc2c(c1)[C@H]1C=CC[C@@H]1[C@H](c1cc([N+](=O)[O-])ccc1Cl)N2. The Morgan fingerprint density at radius 3 is 2.84 bits per heavy atom. The maximum absolute atomic E-state index is 11.2. The molecule has 1 aliphatic carbocycles. The molecule has 1 N–H and O–H groups in total. The lowest BCUT2D eigenvalue weighted by Gasteiger charge is -2.37. The van der Waals surface area contributed by atoms with Crippen LogP contribution < -0.4 is 10.1 Å². The second-order valence-electron chi connectivity index (χ2n) is 6.39. The normalized spacial score (nSPS) is 23.5. The van der Waals surface area contributed by atoms with E-state index in [0.29, 0.717) is 5.02 Å². The van der Waals surface area contributed by atoms with E-state index in [4.69, 9.17) is 16.3 Å². The number of nitrogens with one attached hydrogen (secondary N) is 1. The first-order valence-electron chi connectivity index (χ1n) is 8.13. The van der Waals surface area contributed by atoms with Crippen LogP contribution in [0, 0.1) is 16.0 Å².